The van der Waals surface area contributed by atoms with Gasteiger partial charge in [-0.3, -0.25) is 4.79 Å². The number of benzene rings is 1. The van der Waals surface area contributed by atoms with E-state index >= 15 is 0 Å². The van der Waals surface area contributed by atoms with Crippen molar-refractivity contribution in [2.24, 2.45) is 11.7 Å². The van der Waals surface area contributed by atoms with E-state index in [0.717, 1.165) is 24.2 Å². The van der Waals surface area contributed by atoms with Gasteiger partial charge >= 0.3 is 0 Å². The minimum absolute atomic E-state index is 0.106. The normalized spacial score (nSPS) is 15.5. The third kappa shape index (κ3) is 2.97. The fourth-order valence-electron chi connectivity index (χ4n) is 2.32. The quantitative estimate of drug-likeness (QED) is 0.854. The molecular formula is C14H16N4O2S. The van der Waals surface area contributed by atoms with Crippen LogP contribution in [0.3, 0.4) is 0 Å². The maximum Gasteiger partial charge on any atom is 0.279 e. The van der Waals surface area contributed by atoms with Gasteiger partial charge in [-0.2, -0.15) is 0 Å². The molecule has 6 nitrogen and oxygen atoms in total. The number of nitrogens with zero attached hydrogens (tertiary/aromatic N) is 2. The number of para-hydroxylation sites is 1. The molecule has 1 saturated carbocycles. The minimum Gasteiger partial charge on any atom is -0.496 e. The highest BCUT2D eigenvalue weighted by Crippen LogP contribution is 2.45. The third-order valence-electron chi connectivity index (χ3n) is 3.48. The van der Waals surface area contributed by atoms with Crippen molar-refractivity contribution in [2.75, 3.05) is 12.4 Å². The van der Waals surface area contributed by atoms with Crippen molar-refractivity contribution < 1.29 is 9.53 Å². The van der Waals surface area contributed by atoms with Crippen molar-refractivity contribution in [3.63, 3.8) is 0 Å². The van der Waals surface area contributed by atoms with Crippen LogP contribution in [0.5, 0.6) is 5.75 Å². The topological polar surface area (TPSA) is 90.1 Å². The highest BCUT2D eigenvalue weighted by molar-refractivity contribution is 7.17. The van der Waals surface area contributed by atoms with E-state index in [1.54, 1.807) is 7.11 Å². The van der Waals surface area contributed by atoms with Gasteiger partial charge in [-0.1, -0.05) is 29.5 Å². The zero-order valence-corrected chi connectivity index (χ0v) is 12.4. The van der Waals surface area contributed by atoms with Crippen molar-refractivity contribution in [1.82, 2.24) is 10.2 Å². The summed E-state index contributed by atoms with van der Waals surface area (Å²) in [7, 11) is 1.67. The number of methoxy groups -OCH3 is 1. The molecule has 1 aromatic carbocycles. The van der Waals surface area contributed by atoms with Crippen LogP contribution in [0.15, 0.2) is 24.3 Å². The molecule has 0 spiro atoms. The summed E-state index contributed by atoms with van der Waals surface area (Å²) < 4.78 is 5.44. The predicted octanol–water partition coefficient (Wildman–Crippen LogP) is 2.21. The van der Waals surface area contributed by atoms with Crippen LogP contribution in [0.4, 0.5) is 5.13 Å². The van der Waals surface area contributed by atoms with Crippen LogP contribution >= 0.6 is 11.3 Å². The van der Waals surface area contributed by atoms with Crippen LogP contribution in [0.25, 0.3) is 0 Å². The zero-order chi connectivity index (χ0) is 14.8. The highest BCUT2D eigenvalue weighted by atomic mass is 32.1. The lowest BCUT2D eigenvalue weighted by Crippen LogP contribution is -2.14. The molecule has 21 heavy (non-hydrogen) atoms. The van der Waals surface area contributed by atoms with Crippen LogP contribution in [-0.2, 0) is 0 Å². The molecule has 2 aromatic rings. The van der Waals surface area contributed by atoms with E-state index in [2.05, 4.69) is 15.5 Å². The molecule has 1 aliphatic carbocycles. The number of hydrogen-bond acceptors (Lipinski definition) is 6. The molecule has 1 aromatic heterocycles. The first-order valence-corrected chi connectivity index (χ1v) is 7.53. The molecule has 1 fully saturated rings. The van der Waals surface area contributed by atoms with E-state index in [1.807, 2.05) is 24.3 Å². The first kappa shape index (κ1) is 13.8. The second-order valence-electron chi connectivity index (χ2n) is 4.98. The van der Waals surface area contributed by atoms with E-state index in [4.69, 9.17) is 10.5 Å². The van der Waals surface area contributed by atoms with Crippen molar-refractivity contribution in [3.05, 3.63) is 34.8 Å². The van der Waals surface area contributed by atoms with Gasteiger partial charge in [-0.05, 0) is 24.8 Å². The van der Waals surface area contributed by atoms with Crippen molar-refractivity contribution in [2.45, 2.75) is 18.9 Å². The number of nitrogens with one attached hydrogen (secondary N) is 1. The molecule has 7 heteroatoms. The van der Waals surface area contributed by atoms with Crippen LogP contribution < -0.4 is 15.8 Å². The number of aromatic nitrogens is 2. The summed E-state index contributed by atoms with van der Waals surface area (Å²) in [4.78, 5) is 11.1. The monoisotopic (exact) mass is 304 g/mol. The number of hydrogen-bond donors (Lipinski definition) is 2. The van der Waals surface area contributed by atoms with Crippen molar-refractivity contribution >= 4 is 22.4 Å². The lowest BCUT2D eigenvalue weighted by Gasteiger charge is -2.20. The maximum absolute atomic E-state index is 11.1. The fraction of sp³-hybridized carbons (Fsp3) is 0.357. The summed E-state index contributed by atoms with van der Waals surface area (Å²) in [5.41, 5.74) is 6.30. The molecular weight excluding hydrogens is 288 g/mol. The van der Waals surface area contributed by atoms with Gasteiger partial charge < -0.3 is 15.8 Å². The van der Waals surface area contributed by atoms with E-state index in [1.165, 1.54) is 11.3 Å². The summed E-state index contributed by atoms with van der Waals surface area (Å²) in [5, 5.41) is 12.0. The van der Waals surface area contributed by atoms with Gasteiger partial charge in [0.25, 0.3) is 5.91 Å². The Hall–Kier alpha value is -2.15. The Bertz CT molecular complexity index is 654. The molecule has 3 N–H and O–H groups in total. The number of primary amides is 1. The van der Waals surface area contributed by atoms with Crippen LogP contribution in [-0.4, -0.2) is 23.2 Å². The van der Waals surface area contributed by atoms with Gasteiger partial charge in [0.15, 0.2) is 0 Å². The maximum atomic E-state index is 11.1. The average molecular weight is 304 g/mol. The minimum atomic E-state index is -0.555. The molecule has 0 bridgehead atoms. The van der Waals surface area contributed by atoms with Gasteiger partial charge in [0.2, 0.25) is 10.1 Å². The zero-order valence-electron chi connectivity index (χ0n) is 11.6. The van der Waals surface area contributed by atoms with E-state index < -0.39 is 5.91 Å². The SMILES string of the molecule is COc1ccccc1C(Nc1nnc(C(N)=O)s1)C1CC1. The van der Waals surface area contributed by atoms with Crippen LogP contribution in [0, 0.1) is 5.92 Å². The Morgan fingerprint density at radius 1 is 1.43 bits per heavy atom. The Morgan fingerprint density at radius 2 is 2.19 bits per heavy atom. The van der Waals surface area contributed by atoms with E-state index in [0.29, 0.717) is 11.0 Å². The Labute approximate surface area is 126 Å². The smallest absolute Gasteiger partial charge is 0.279 e. The summed E-state index contributed by atoms with van der Waals surface area (Å²) in [6, 6.07) is 8.04. The number of amides is 1. The number of carbonyl (C=O) groups excluding carboxylic acids is 1. The molecule has 1 heterocycles. The summed E-state index contributed by atoms with van der Waals surface area (Å²) >= 11 is 1.17. The Kier molecular flexibility index (Phi) is 3.74. The molecule has 1 unspecified atom stereocenters. The second kappa shape index (κ2) is 5.69. The fourth-order valence-corrected chi connectivity index (χ4v) is 2.95. The molecule has 1 aliphatic rings. The lowest BCUT2D eigenvalue weighted by molar-refractivity contribution is 0.0999. The van der Waals surface area contributed by atoms with Crippen molar-refractivity contribution in [1.29, 1.82) is 0 Å². The predicted molar refractivity (Wildman–Crippen MR) is 80.5 cm³/mol. The standard InChI is InChI=1S/C14H16N4O2S/c1-20-10-5-3-2-4-9(10)11(8-6-7-8)16-14-18-17-13(21-14)12(15)19/h2-5,8,11H,6-7H2,1H3,(H2,15,19)(H,16,18). The van der Waals surface area contributed by atoms with Crippen molar-refractivity contribution in [3.8, 4) is 5.75 Å². The van der Waals surface area contributed by atoms with Crippen LogP contribution in [0.1, 0.15) is 34.2 Å². The summed E-state index contributed by atoms with van der Waals surface area (Å²) in [5.74, 6) is 0.838. The first-order chi connectivity index (χ1) is 10.2. The van der Waals surface area contributed by atoms with Gasteiger partial charge in [-0.15, -0.1) is 10.2 Å². The number of carbonyl (C=O) groups is 1. The molecule has 0 saturated heterocycles. The van der Waals surface area contributed by atoms with Crippen LogP contribution in [0.2, 0.25) is 0 Å². The average Bonchev–Trinajstić information content (AvgIpc) is 3.22. The molecule has 0 radical (unpaired) electrons. The Balaban J connectivity index is 1.86. The number of anilines is 1. The molecule has 0 aliphatic heterocycles. The largest absolute Gasteiger partial charge is 0.496 e. The molecule has 1 atom stereocenters. The number of nitrogens with two attached hydrogens (primary N) is 1. The molecule has 110 valence electrons. The third-order valence-corrected chi connectivity index (χ3v) is 4.35. The molecule has 3 rings (SSSR count). The lowest BCUT2D eigenvalue weighted by atomic mass is 10.0. The van der Waals surface area contributed by atoms with E-state index in [-0.39, 0.29) is 11.0 Å². The van der Waals surface area contributed by atoms with Gasteiger partial charge in [0, 0.05) is 5.56 Å². The first-order valence-electron chi connectivity index (χ1n) is 6.72. The summed E-state index contributed by atoms with van der Waals surface area (Å²) in [6.45, 7) is 0. The van der Waals surface area contributed by atoms with E-state index in [9.17, 15) is 4.79 Å². The van der Waals surface area contributed by atoms with Gasteiger partial charge in [0.1, 0.15) is 5.75 Å². The number of rotatable bonds is 6. The number of ether oxygens (including phenoxy) is 1. The second-order valence-corrected chi connectivity index (χ2v) is 5.96. The highest BCUT2D eigenvalue weighted by Gasteiger charge is 2.34. The Morgan fingerprint density at radius 3 is 2.81 bits per heavy atom. The van der Waals surface area contributed by atoms with Gasteiger partial charge in [-0.25, -0.2) is 0 Å². The summed E-state index contributed by atoms with van der Waals surface area (Å²) in [6.07, 6.45) is 2.33. The van der Waals surface area contributed by atoms with Gasteiger partial charge in [0.05, 0.1) is 13.2 Å². The molecule has 1 amide bonds.